The molecule has 2 heteroatoms. The molecular weight excluding hydrogens is 783 g/mol. The third kappa shape index (κ3) is 13.5. The topological polar surface area (TPSA) is 0 Å². The number of allylic oxidation sites excluding steroid dienone is 2. The van der Waals surface area contributed by atoms with Crippen molar-refractivity contribution in [2.24, 2.45) is 0 Å². The first kappa shape index (κ1) is 52.1. The second-order valence-electron chi connectivity index (χ2n) is 26.8. The molecule has 0 heterocycles. The van der Waals surface area contributed by atoms with Crippen LogP contribution < -0.4 is 21.2 Å². The summed E-state index contributed by atoms with van der Waals surface area (Å²) in [6, 6.07) is 30.5. The molecule has 0 aliphatic rings. The van der Waals surface area contributed by atoms with Crippen LogP contribution in [0.4, 0.5) is 0 Å². The molecule has 0 aromatic heterocycles. The quantitative estimate of drug-likeness (QED) is 0.122. The lowest BCUT2D eigenvalue weighted by Gasteiger charge is -2.31. The van der Waals surface area contributed by atoms with Gasteiger partial charge in [-0.3, -0.25) is 0 Å². The van der Waals surface area contributed by atoms with Gasteiger partial charge in [-0.15, -0.1) is 0 Å². The second-order valence-corrected chi connectivity index (χ2v) is 31.3. The summed E-state index contributed by atoms with van der Waals surface area (Å²) in [5.74, 6) is 0. The lowest BCUT2D eigenvalue weighted by molar-refractivity contribution is 0.568. The van der Waals surface area contributed by atoms with E-state index >= 15 is 0 Å². The van der Waals surface area contributed by atoms with Crippen molar-refractivity contribution >= 4 is 37.1 Å². The van der Waals surface area contributed by atoms with Crippen LogP contribution in [-0.2, 0) is 43.3 Å². The van der Waals surface area contributed by atoms with Crippen LogP contribution in [-0.4, -0.2) is 12.3 Å². The molecule has 0 saturated carbocycles. The summed E-state index contributed by atoms with van der Waals surface area (Å²) in [6.07, 6.45) is 7.19. The lowest BCUT2D eigenvalue weighted by atomic mass is 9.81. The Hall–Kier alpha value is -2.52. The molecule has 0 unspecified atom stereocenters. The maximum absolute atomic E-state index is 2.58. The minimum absolute atomic E-state index is 0.0491. The highest BCUT2D eigenvalue weighted by Crippen LogP contribution is 2.43. The standard InChI is InChI=1S/C60H90P2/c1-53(2,3)41-29-42(54(4,5)6)34-49(33-41)61(50-35-43(55(7,8)9)30-44(36-50)56(10,11)12)27-25-26-28-62(51-37-45(57(13,14)15)31-46(38-51)58(16,17)18)52-39-47(59(19,20)21)32-48(40-52)60(22,23)24/h25-26,29-40H,27-28H2,1-24H3/b26-25+. The van der Waals surface area contributed by atoms with Crippen LogP contribution in [0.25, 0.3) is 0 Å². The number of rotatable bonds is 8. The molecular formula is C60H90P2. The van der Waals surface area contributed by atoms with Gasteiger partial charge < -0.3 is 0 Å². The van der Waals surface area contributed by atoms with Crippen LogP contribution in [0.15, 0.2) is 84.9 Å². The van der Waals surface area contributed by atoms with Crippen molar-refractivity contribution in [2.75, 3.05) is 12.3 Å². The SMILES string of the molecule is CC(C)(C)c1cc(P(C/C=C/CP(c2cc(C(C)(C)C)cc(C(C)(C)C)c2)c2cc(C(C)(C)C)cc(C(C)(C)C)c2)c2cc(C(C)(C)C)cc(C(C)(C)C)c2)cc(C(C)(C)C)c1. The molecule has 0 N–H and O–H groups in total. The average molecular weight is 873 g/mol. The summed E-state index contributed by atoms with van der Waals surface area (Å²) in [5, 5.41) is 5.98. The smallest absolute Gasteiger partial charge is 0.00641 e. The first-order valence-corrected chi connectivity index (χ1v) is 26.7. The van der Waals surface area contributed by atoms with Gasteiger partial charge in [0.1, 0.15) is 0 Å². The Morgan fingerprint density at radius 3 is 0.484 bits per heavy atom. The van der Waals surface area contributed by atoms with E-state index < -0.39 is 15.8 Å². The average Bonchev–Trinajstić information content (AvgIpc) is 3.09. The third-order valence-electron chi connectivity index (χ3n) is 12.6. The molecule has 340 valence electrons. The molecule has 0 aliphatic carbocycles. The summed E-state index contributed by atoms with van der Waals surface area (Å²) >= 11 is 0. The number of hydrogen-bond acceptors (Lipinski definition) is 0. The van der Waals surface area contributed by atoms with Crippen LogP contribution in [0.3, 0.4) is 0 Å². The fraction of sp³-hybridized carbons (Fsp3) is 0.567. The van der Waals surface area contributed by atoms with Gasteiger partial charge in [-0.25, -0.2) is 0 Å². The first-order chi connectivity index (χ1) is 27.8. The zero-order valence-corrected chi connectivity index (χ0v) is 46.2. The second kappa shape index (κ2) is 18.0. The molecule has 0 fully saturated rings. The van der Waals surface area contributed by atoms with Crippen molar-refractivity contribution in [3.63, 3.8) is 0 Å². The van der Waals surface area contributed by atoms with Gasteiger partial charge in [0.15, 0.2) is 0 Å². The normalized spacial score (nSPS) is 14.2. The Morgan fingerprint density at radius 1 is 0.242 bits per heavy atom. The minimum atomic E-state index is -0.706. The molecule has 0 bridgehead atoms. The van der Waals surface area contributed by atoms with Gasteiger partial charge >= 0.3 is 0 Å². The Balaban J connectivity index is 2.02. The molecule has 0 saturated heterocycles. The predicted molar refractivity (Wildman–Crippen MR) is 287 cm³/mol. The Bertz CT molecular complexity index is 1770. The highest BCUT2D eigenvalue weighted by atomic mass is 31.1. The number of benzene rings is 4. The molecule has 0 amide bonds. The van der Waals surface area contributed by atoms with Crippen molar-refractivity contribution in [1.29, 1.82) is 0 Å². The Morgan fingerprint density at radius 2 is 0.371 bits per heavy atom. The highest BCUT2D eigenvalue weighted by molar-refractivity contribution is 7.73. The number of hydrogen-bond donors (Lipinski definition) is 0. The maximum Gasteiger partial charge on any atom is -0.00641 e. The van der Waals surface area contributed by atoms with E-state index in [0.29, 0.717) is 0 Å². The molecule has 62 heavy (non-hydrogen) atoms. The summed E-state index contributed by atoms with van der Waals surface area (Å²) in [6.45, 7) is 57.0. The van der Waals surface area contributed by atoms with Crippen LogP contribution in [0.5, 0.6) is 0 Å². The monoisotopic (exact) mass is 873 g/mol. The predicted octanol–water partition coefficient (Wildman–Crippen LogP) is 16.2. The van der Waals surface area contributed by atoms with Gasteiger partial charge in [0.2, 0.25) is 0 Å². The van der Waals surface area contributed by atoms with Crippen LogP contribution in [0.2, 0.25) is 0 Å². The molecule has 0 nitrogen and oxygen atoms in total. The van der Waals surface area contributed by atoms with E-state index in [9.17, 15) is 0 Å². The van der Waals surface area contributed by atoms with Crippen LogP contribution in [0, 0.1) is 0 Å². The van der Waals surface area contributed by atoms with Gasteiger partial charge in [0.25, 0.3) is 0 Å². The van der Waals surface area contributed by atoms with Crippen LogP contribution >= 0.6 is 15.8 Å². The molecule has 4 rings (SSSR count). The van der Waals surface area contributed by atoms with E-state index in [1.165, 1.54) is 65.7 Å². The molecule has 4 aromatic carbocycles. The van der Waals surface area contributed by atoms with Gasteiger partial charge in [-0.1, -0.05) is 251 Å². The van der Waals surface area contributed by atoms with E-state index in [1.807, 2.05) is 0 Å². The third-order valence-corrected chi connectivity index (χ3v) is 17.3. The van der Waals surface area contributed by atoms with Crippen molar-refractivity contribution in [3.8, 4) is 0 Å². The van der Waals surface area contributed by atoms with Crippen molar-refractivity contribution in [3.05, 3.63) is 129 Å². The molecule has 0 atom stereocenters. The van der Waals surface area contributed by atoms with E-state index in [-0.39, 0.29) is 43.3 Å². The van der Waals surface area contributed by atoms with E-state index in [4.69, 9.17) is 0 Å². The van der Waals surface area contributed by atoms with Gasteiger partial charge in [-0.05, 0) is 137 Å². The maximum atomic E-state index is 2.58. The van der Waals surface area contributed by atoms with E-state index in [2.05, 4.69) is 251 Å². The molecule has 0 aliphatic heterocycles. The zero-order valence-electron chi connectivity index (χ0n) is 44.4. The van der Waals surface area contributed by atoms with Gasteiger partial charge in [0.05, 0.1) is 0 Å². The van der Waals surface area contributed by atoms with Crippen molar-refractivity contribution in [1.82, 2.24) is 0 Å². The largest absolute Gasteiger partial charge is 0.0832 e. The summed E-state index contributed by atoms with van der Waals surface area (Å²) in [7, 11) is -1.41. The fourth-order valence-electron chi connectivity index (χ4n) is 7.61. The Kier molecular flexibility index (Phi) is 15.2. The molecule has 4 aromatic rings. The van der Waals surface area contributed by atoms with Gasteiger partial charge in [-0.2, -0.15) is 0 Å². The van der Waals surface area contributed by atoms with E-state index in [0.717, 1.165) is 12.3 Å². The van der Waals surface area contributed by atoms with Gasteiger partial charge in [0, 0.05) is 0 Å². The summed E-state index contributed by atoms with van der Waals surface area (Å²) in [5.41, 5.74) is 11.9. The lowest BCUT2D eigenvalue weighted by Crippen LogP contribution is -2.25. The zero-order chi connectivity index (χ0) is 47.4. The van der Waals surface area contributed by atoms with Crippen LogP contribution in [0.1, 0.15) is 211 Å². The van der Waals surface area contributed by atoms with Crippen molar-refractivity contribution in [2.45, 2.75) is 209 Å². The fourth-order valence-corrected chi connectivity index (χ4v) is 12.1. The molecule has 0 radical (unpaired) electrons. The summed E-state index contributed by atoms with van der Waals surface area (Å²) < 4.78 is 0. The minimum Gasteiger partial charge on any atom is -0.0832 e. The summed E-state index contributed by atoms with van der Waals surface area (Å²) in [4.78, 5) is 0. The molecule has 0 spiro atoms. The van der Waals surface area contributed by atoms with E-state index in [1.54, 1.807) is 0 Å². The first-order valence-electron chi connectivity index (χ1n) is 23.6. The Labute approximate surface area is 386 Å². The highest BCUT2D eigenvalue weighted by Gasteiger charge is 2.29. The van der Waals surface area contributed by atoms with Crippen molar-refractivity contribution < 1.29 is 0 Å².